The molecule has 0 unspecified atom stereocenters. The quantitative estimate of drug-likeness (QED) is 0.653. The zero-order chi connectivity index (χ0) is 15.2. The smallest absolute Gasteiger partial charge is 0.329 e. The molecule has 3 aromatic rings. The van der Waals surface area contributed by atoms with E-state index in [9.17, 15) is 13.2 Å². The summed E-state index contributed by atoms with van der Waals surface area (Å²) in [4.78, 5) is 6.92. The number of nitrogens with one attached hydrogen (secondary N) is 1. The Morgan fingerprint density at radius 3 is 2.71 bits per heavy atom. The van der Waals surface area contributed by atoms with Gasteiger partial charge in [0.05, 0.1) is 16.8 Å². The number of benzene rings is 1. The molecular formula is C13H7ClF3N3S. The molecule has 0 radical (unpaired) electrons. The van der Waals surface area contributed by atoms with Gasteiger partial charge in [0.1, 0.15) is 0 Å². The molecule has 2 heterocycles. The molecular weight excluding hydrogens is 323 g/mol. The van der Waals surface area contributed by atoms with Gasteiger partial charge < -0.3 is 4.98 Å². The van der Waals surface area contributed by atoms with E-state index in [0.29, 0.717) is 11.2 Å². The van der Waals surface area contributed by atoms with E-state index in [-0.39, 0.29) is 15.5 Å². The first-order valence-electron chi connectivity index (χ1n) is 5.81. The van der Waals surface area contributed by atoms with Crippen LogP contribution in [0.2, 0.25) is 5.02 Å². The highest BCUT2D eigenvalue weighted by Gasteiger charge is 2.34. The largest absolute Gasteiger partial charge is 0.418 e. The number of nitrogens with zero attached hydrogens (tertiary/aromatic N) is 2. The Bertz CT molecular complexity index is 882. The topological polar surface area (TPSA) is 33.6 Å². The number of imidazole rings is 1. The molecule has 8 heteroatoms. The summed E-state index contributed by atoms with van der Waals surface area (Å²) in [6.07, 6.45) is -3.06. The Labute approximate surface area is 127 Å². The Kier molecular flexibility index (Phi) is 3.26. The second-order valence-electron chi connectivity index (χ2n) is 4.30. The maximum Gasteiger partial charge on any atom is 0.418 e. The summed E-state index contributed by atoms with van der Waals surface area (Å²) < 4.78 is 41.0. The van der Waals surface area contributed by atoms with E-state index in [2.05, 4.69) is 9.97 Å². The normalized spacial score (nSPS) is 12.0. The number of H-pyrrole nitrogens is 1. The fourth-order valence-electron chi connectivity index (χ4n) is 2.09. The van der Waals surface area contributed by atoms with E-state index in [4.69, 9.17) is 23.8 Å². The van der Waals surface area contributed by atoms with Crippen LogP contribution in [0.1, 0.15) is 5.56 Å². The van der Waals surface area contributed by atoms with Crippen LogP contribution in [0.5, 0.6) is 0 Å². The minimum atomic E-state index is -4.55. The molecule has 0 aliphatic rings. The molecule has 0 saturated heterocycles. The lowest BCUT2D eigenvalue weighted by molar-refractivity contribution is -0.137. The summed E-state index contributed by atoms with van der Waals surface area (Å²) in [6.45, 7) is 0. The number of hydrogen-bond donors (Lipinski definition) is 1. The van der Waals surface area contributed by atoms with Gasteiger partial charge >= 0.3 is 6.18 Å². The van der Waals surface area contributed by atoms with Gasteiger partial charge in [-0.25, -0.2) is 4.98 Å². The van der Waals surface area contributed by atoms with Gasteiger partial charge in [-0.05, 0) is 42.5 Å². The van der Waals surface area contributed by atoms with E-state index in [1.54, 1.807) is 12.1 Å². The van der Waals surface area contributed by atoms with Crippen molar-refractivity contribution < 1.29 is 13.2 Å². The lowest BCUT2D eigenvalue weighted by atomic mass is 10.1. The number of hydrogen-bond acceptors (Lipinski definition) is 2. The van der Waals surface area contributed by atoms with E-state index in [0.717, 1.165) is 6.07 Å². The summed E-state index contributed by atoms with van der Waals surface area (Å²) in [5, 5.41) is 0.00499. The fraction of sp³-hybridized carbons (Fsp3) is 0.0769. The van der Waals surface area contributed by atoms with Crippen LogP contribution >= 0.6 is 23.8 Å². The van der Waals surface area contributed by atoms with Crippen LogP contribution in [0.15, 0.2) is 36.5 Å². The van der Waals surface area contributed by atoms with Crippen molar-refractivity contribution >= 4 is 35.0 Å². The molecule has 3 rings (SSSR count). The van der Waals surface area contributed by atoms with Gasteiger partial charge in [-0.15, -0.1) is 0 Å². The molecule has 0 atom stereocenters. The molecule has 2 aromatic heterocycles. The Morgan fingerprint density at radius 2 is 2.00 bits per heavy atom. The number of fused-ring (bicyclic) bond motifs is 1. The highest BCUT2D eigenvalue weighted by Crippen LogP contribution is 2.36. The molecule has 0 spiro atoms. The van der Waals surface area contributed by atoms with Crippen molar-refractivity contribution in [3.8, 4) is 5.69 Å². The fourth-order valence-corrected chi connectivity index (χ4v) is 2.56. The van der Waals surface area contributed by atoms with Crippen molar-refractivity contribution in [2.75, 3.05) is 0 Å². The second-order valence-corrected chi connectivity index (χ2v) is 5.12. The first kappa shape index (κ1) is 14.1. The van der Waals surface area contributed by atoms with Gasteiger partial charge in [0, 0.05) is 11.2 Å². The van der Waals surface area contributed by atoms with Crippen LogP contribution in [-0.2, 0) is 6.18 Å². The molecule has 21 heavy (non-hydrogen) atoms. The highest BCUT2D eigenvalue weighted by molar-refractivity contribution is 7.71. The van der Waals surface area contributed by atoms with Gasteiger partial charge in [0.25, 0.3) is 0 Å². The van der Waals surface area contributed by atoms with Crippen molar-refractivity contribution in [3.05, 3.63) is 51.9 Å². The van der Waals surface area contributed by atoms with Crippen molar-refractivity contribution in [1.29, 1.82) is 0 Å². The number of aromatic amines is 1. The molecule has 0 aliphatic carbocycles. The van der Waals surface area contributed by atoms with Gasteiger partial charge in [-0.1, -0.05) is 11.6 Å². The summed E-state index contributed by atoms with van der Waals surface area (Å²) in [5.41, 5.74) is -0.0830. The van der Waals surface area contributed by atoms with Crippen molar-refractivity contribution in [1.82, 2.24) is 14.5 Å². The number of aromatic nitrogens is 3. The number of halogens is 4. The predicted octanol–water partition coefficient (Wildman–Crippen LogP) is 4.76. The minimum Gasteiger partial charge on any atom is -0.329 e. The molecule has 1 aromatic carbocycles. The Hall–Kier alpha value is -1.86. The Balaban J connectivity index is 2.39. The first-order chi connectivity index (χ1) is 9.88. The maximum absolute atomic E-state index is 13.2. The third-order valence-electron chi connectivity index (χ3n) is 2.95. The van der Waals surface area contributed by atoms with Crippen LogP contribution in [-0.4, -0.2) is 14.5 Å². The summed E-state index contributed by atoms with van der Waals surface area (Å²) in [6, 6.07) is 6.90. The van der Waals surface area contributed by atoms with E-state index in [1.165, 1.54) is 22.9 Å². The molecule has 0 bridgehead atoms. The third-order valence-corrected chi connectivity index (χ3v) is 3.47. The van der Waals surface area contributed by atoms with Gasteiger partial charge in [0.2, 0.25) is 0 Å². The summed E-state index contributed by atoms with van der Waals surface area (Å²) >= 11 is 10.8. The van der Waals surface area contributed by atoms with Gasteiger partial charge in [0.15, 0.2) is 10.4 Å². The van der Waals surface area contributed by atoms with E-state index >= 15 is 0 Å². The third kappa shape index (κ3) is 2.43. The molecule has 0 saturated carbocycles. The van der Waals surface area contributed by atoms with Crippen LogP contribution < -0.4 is 0 Å². The molecule has 0 aliphatic heterocycles. The molecule has 1 N–H and O–H groups in total. The van der Waals surface area contributed by atoms with Gasteiger partial charge in [-0.3, -0.25) is 4.57 Å². The summed E-state index contributed by atoms with van der Waals surface area (Å²) in [7, 11) is 0. The average molecular weight is 330 g/mol. The lowest BCUT2D eigenvalue weighted by Crippen LogP contribution is -2.11. The standard InChI is InChI=1S/C13H7ClF3N3S/c14-7-3-4-10(8(6-7)13(15,16)17)20-11-9(19-12(20)21)2-1-5-18-11/h1-6H,(H,19,21). The molecule has 0 amide bonds. The SMILES string of the molecule is FC(F)(F)c1cc(Cl)ccc1-n1c(=S)[nH]c2cccnc21. The lowest BCUT2D eigenvalue weighted by Gasteiger charge is -2.14. The average Bonchev–Trinajstić information content (AvgIpc) is 2.74. The van der Waals surface area contributed by atoms with Crippen LogP contribution in [0.4, 0.5) is 13.2 Å². The van der Waals surface area contributed by atoms with Crippen LogP contribution in [0, 0.1) is 4.77 Å². The zero-order valence-corrected chi connectivity index (χ0v) is 11.9. The van der Waals surface area contributed by atoms with Crippen LogP contribution in [0.3, 0.4) is 0 Å². The van der Waals surface area contributed by atoms with Gasteiger partial charge in [-0.2, -0.15) is 13.2 Å². The van der Waals surface area contributed by atoms with Crippen molar-refractivity contribution in [2.45, 2.75) is 6.18 Å². The van der Waals surface area contributed by atoms with Crippen LogP contribution in [0.25, 0.3) is 16.9 Å². The molecule has 3 nitrogen and oxygen atoms in total. The molecule has 0 fully saturated rings. The maximum atomic E-state index is 13.2. The first-order valence-corrected chi connectivity index (χ1v) is 6.59. The predicted molar refractivity (Wildman–Crippen MR) is 76.3 cm³/mol. The van der Waals surface area contributed by atoms with E-state index in [1.807, 2.05) is 0 Å². The minimum absolute atomic E-state index is 0.00499. The number of alkyl halides is 3. The zero-order valence-electron chi connectivity index (χ0n) is 10.3. The van der Waals surface area contributed by atoms with E-state index < -0.39 is 11.7 Å². The molecule has 108 valence electrons. The second kappa shape index (κ2) is 4.85. The van der Waals surface area contributed by atoms with Crippen molar-refractivity contribution in [3.63, 3.8) is 0 Å². The number of rotatable bonds is 1. The highest BCUT2D eigenvalue weighted by atomic mass is 35.5. The summed E-state index contributed by atoms with van der Waals surface area (Å²) in [5.74, 6) is 0. The number of pyridine rings is 1. The monoisotopic (exact) mass is 329 g/mol. The van der Waals surface area contributed by atoms with Crippen molar-refractivity contribution in [2.24, 2.45) is 0 Å². The Morgan fingerprint density at radius 1 is 1.24 bits per heavy atom.